The average Bonchev–Trinajstić information content (AvgIpc) is 3.24. The van der Waals surface area contributed by atoms with E-state index in [-0.39, 0.29) is 0 Å². The summed E-state index contributed by atoms with van der Waals surface area (Å²) in [6, 6.07) is 7.23. The van der Waals surface area contributed by atoms with Crippen LogP contribution in [0.15, 0.2) is 18.2 Å². The van der Waals surface area contributed by atoms with E-state index in [2.05, 4.69) is 33.3 Å². The van der Waals surface area contributed by atoms with Crippen LogP contribution in [0, 0.1) is 0 Å². The number of piperazine rings is 1. The van der Waals surface area contributed by atoms with Crippen LogP contribution in [0.3, 0.4) is 0 Å². The lowest BCUT2D eigenvalue weighted by molar-refractivity contribution is 0.247. The largest absolute Gasteiger partial charge is 0.354 e. The Morgan fingerprint density at radius 3 is 2.67 bits per heavy atom. The molecule has 2 aliphatic rings. The minimum atomic E-state index is 0.843. The van der Waals surface area contributed by atoms with Gasteiger partial charge in [-0.2, -0.15) is 0 Å². The fourth-order valence-electron chi connectivity index (χ4n) is 2.68. The molecule has 1 aromatic heterocycles. The summed E-state index contributed by atoms with van der Waals surface area (Å²) in [4.78, 5) is 9.76. The Bertz CT molecular complexity index is 395. The first-order valence-electron chi connectivity index (χ1n) is 6.96. The Morgan fingerprint density at radius 2 is 2.00 bits per heavy atom. The molecule has 1 aromatic rings. The number of aromatic nitrogens is 1. The van der Waals surface area contributed by atoms with Gasteiger partial charge in [-0.25, -0.2) is 4.98 Å². The van der Waals surface area contributed by atoms with E-state index in [1.165, 1.54) is 25.9 Å². The molecule has 4 heteroatoms. The van der Waals surface area contributed by atoms with Crippen LogP contribution in [0.4, 0.5) is 5.82 Å². The molecule has 0 atom stereocenters. The van der Waals surface area contributed by atoms with E-state index in [1.54, 1.807) is 0 Å². The summed E-state index contributed by atoms with van der Waals surface area (Å²) in [5, 5.41) is 3.16. The average molecular weight is 246 g/mol. The predicted molar refractivity (Wildman–Crippen MR) is 73.8 cm³/mol. The van der Waals surface area contributed by atoms with Crippen LogP contribution in [-0.4, -0.2) is 49.2 Å². The minimum absolute atomic E-state index is 0.843. The molecule has 0 amide bonds. The van der Waals surface area contributed by atoms with Gasteiger partial charge in [0.15, 0.2) is 0 Å². The number of nitrogens with one attached hydrogen (secondary N) is 1. The summed E-state index contributed by atoms with van der Waals surface area (Å²) in [6.07, 6.45) is 2.83. The zero-order valence-electron chi connectivity index (χ0n) is 11.1. The summed E-state index contributed by atoms with van der Waals surface area (Å²) in [6.45, 7) is 5.47. The van der Waals surface area contributed by atoms with Crippen molar-refractivity contribution in [3.63, 3.8) is 0 Å². The van der Waals surface area contributed by atoms with E-state index in [1.807, 2.05) is 7.05 Å². The topological polar surface area (TPSA) is 31.4 Å². The summed E-state index contributed by atoms with van der Waals surface area (Å²) < 4.78 is 0. The zero-order chi connectivity index (χ0) is 12.4. The standard InChI is InChI=1S/C14H22N4/c1-15-11-12-3-2-4-14(16-12)18-9-7-17(8-10-18)13-5-6-13/h2-4,13,15H,5-11H2,1H3. The van der Waals surface area contributed by atoms with Crippen molar-refractivity contribution in [3.05, 3.63) is 23.9 Å². The monoisotopic (exact) mass is 246 g/mol. The first-order chi connectivity index (χ1) is 8.86. The van der Waals surface area contributed by atoms with E-state index in [9.17, 15) is 0 Å². The molecular formula is C14H22N4. The molecule has 1 aliphatic heterocycles. The highest BCUT2D eigenvalue weighted by Gasteiger charge is 2.31. The van der Waals surface area contributed by atoms with Crippen molar-refractivity contribution in [1.82, 2.24) is 15.2 Å². The number of pyridine rings is 1. The van der Waals surface area contributed by atoms with Crippen molar-refractivity contribution < 1.29 is 0 Å². The molecule has 1 saturated heterocycles. The number of anilines is 1. The van der Waals surface area contributed by atoms with Gasteiger partial charge < -0.3 is 10.2 Å². The molecule has 3 rings (SSSR count). The van der Waals surface area contributed by atoms with Crippen molar-refractivity contribution in [2.24, 2.45) is 0 Å². The fourth-order valence-corrected chi connectivity index (χ4v) is 2.68. The van der Waals surface area contributed by atoms with Gasteiger partial charge in [0, 0.05) is 38.8 Å². The number of hydrogen-bond donors (Lipinski definition) is 1. The summed E-state index contributed by atoms with van der Waals surface area (Å²) in [5.41, 5.74) is 1.12. The van der Waals surface area contributed by atoms with E-state index in [0.717, 1.165) is 37.2 Å². The second-order valence-electron chi connectivity index (χ2n) is 5.27. The maximum atomic E-state index is 4.72. The molecule has 0 aromatic carbocycles. The molecule has 0 unspecified atom stereocenters. The lowest BCUT2D eigenvalue weighted by atomic mass is 10.3. The van der Waals surface area contributed by atoms with Crippen LogP contribution in [0.25, 0.3) is 0 Å². The quantitative estimate of drug-likeness (QED) is 0.861. The molecule has 1 saturated carbocycles. The highest BCUT2D eigenvalue weighted by molar-refractivity contribution is 5.40. The van der Waals surface area contributed by atoms with Crippen LogP contribution in [0.1, 0.15) is 18.5 Å². The SMILES string of the molecule is CNCc1cccc(N2CCN(C3CC3)CC2)n1. The highest BCUT2D eigenvalue weighted by atomic mass is 15.3. The lowest BCUT2D eigenvalue weighted by Gasteiger charge is -2.35. The van der Waals surface area contributed by atoms with Gasteiger partial charge in [-0.3, -0.25) is 4.90 Å². The van der Waals surface area contributed by atoms with Crippen LogP contribution in [0.2, 0.25) is 0 Å². The Kier molecular flexibility index (Phi) is 3.48. The molecular weight excluding hydrogens is 224 g/mol. The lowest BCUT2D eigenvalue weighted by Crippen LogP contribution is -2.47. The van der Waals surface area contributed by atoms with Gasteiger partial charge in [0.2, 0.25) is 0 Å². The zero-order valence-corrected chi connectivity index (χ0v) is 11.1. The second-order valence-corrected chi connectivity index (χ2v) is 5.27. The number of hydrogen-bond acceptors (Lipinski definition) is 4. The third kappa shape index (κ3) is 2.65. The van der Waals surface area contributed by atoms with Crippen LogP contribution in [0.5, 0.6) is 0 Å². The van der Waals surface area contributed by atoms with Gasteiger partial charge in [-0.1, -0.05) is 6.07 Å². The van der Waals surface area contributed by atoms with E-state index in [4.69, 9.17) is 4.98 Å². The van der Waals surface area contributed by atoms with Gasteiger partial charge in [0.25, 0.3) is 0 Å². The van der Waals surface area contributed by atoms with Gasteiger partial charge >= 0.3 is 0 Å². The minimum Gasteiger partial charge on any atom is -0.354 e. The van der Waals surface area contributed by atoms with E-state index < -0.39 is 0 Å². The maximum Gasteiger partial charge on any atom is 0.128 e. The Morgan fingerprint density at radius 1 is 1.22 bits per heavy atom. The summed E-state index contributed by atoms with van der Waals surface area (Å²) in [7, 11) is 1.96. The molecule has 0 bridgehead atoms. The normalized spacial score (nSPS) is 21.3. The molecule has 1 N–H and O–H groups in total. The number of nitrogens with zero attached hydrogens (tertiary/aromatic N) is 3. The van der Waals surface area contributed by atoms with Crippen LogP contribution >= 0.6 is 0 Å². The highest BCUT2D eigenvalue weighted by Crippen LogP contribution is 2.28. The van der Waals surface area contributed by atoms with Gasteiger partial charge in [-0.15, -0.1) is 0 Å². The third-order valence-corrected chi connectivity index (χ3v) is 3.85. The molecule has 18 heavy (non-hydrogen) atoms. The molecule has 98 valence electrons. The first kappa shape index (κ1) is 11.9. The summed E-state index contributed by atoms with van der Waals surface area (Å²) in [5.74, 6) is 1.14. The predicted octanol–water partition coefficient (Wildman–Crippen LogP) is 1.09. The first-order valence-corrected chi connectivity index (χ1v) is 6.96. The van der Waals surface area contributed by atoms with Crippen LogP contribution in [-0.2, 0) is 6.54 Å². The summed E-state index contributed by atoms with van der Waals surface area (Å²) >= 11 is 0. The van der Waals surface area contributed by atoms with E-state index >= 15 is 0 Å². The number of rotatable bonds is 4. The maximum absolute atomic E-state index is 4.72. The second kappa shape index (κ2) is 5.24. The van der Waals surface area contributed by atoms with Crippen molar-refractivity contribution in [3.8, 4) is 0 Å². The van der Waals surface area contributed by atoms with Crippen molar-refractivity contribution in [1.29, 1.82) is 0 Å². The molecule has 2 fully saturated rings. The third-order valence-electron chi connectivity index (χ3n) is 3.85. The molecule has 1 aliphatic carbocycles. The van der Waals surface area contributed by atoms with E-state index in [0.29, 0.717) is 0 Å². The van der Waals surface area contributed by atoms with Crippen molar-refractivity contribution in [2.45, 2.75) is 25.4 Å². The van der Waals surface area contributed by atoms with Gasteiger partial charge in [0.1, 0.15) is 5.82 Å². The van der Waals surface area contributed by atoms with Gasteiger partial charge in [-0.05, 0) is 32.0 Å². The van der Waals surface area contributed by atoms with Gasteiger partial charge in [0.05, 0.1) is 5.69 Å². The molecule has 4 nitrogen and oxygen atoms in total. The Balaban J connectivity index is 1.62. The molecule has 0 spiro atoms. The Labute approximate surface area is 109 Å². The fraction of sp³-hybridized carbons (Fsp3) is 0.643. The smallest absolute Gasteiger partial charge is 0.128 e. The molecule has 2 heterocycles. The molecule has 0 radical (unpaired) electrons. The van der Waals surface area contributed by atoms with Crippen LogP contribution < -0.4 is 10.2 Å². The Hall–Kier alpha value is -1.13. The van der Waals surface area contributed by atoms with Crippen molar-refractivity contribution >= 4 is 5.82 Å². The van der Waals surface area contributed by atoms with Crippen molar-refractivity contribution in [2.75, 3.05) is 38.1 Å².